The van der Waals surface area contributed by atoms with Crippen molar-refractivity contribution in [2.45, 2.75) is 39.2 Å². The van der Waals surface area contributed by atoms with Crippen LogP contribution >= 0.6 is 11.8 Å². The number of oxime groups is 1. The van der Waals surface area contributed by atoms with Gasteiger partial charge in [0.05, 0.1) is 0 Å². The van der Waals surface area contributed by atoms with Crippen LogP contribution in [-0.4, -0.2) is 34.5 Å². The van der Waals surface area contributed by atoms with E-state index in [0.717, 1.165) is 24.3 Å². The fraction of sp³-hybridized carbons (Fsp3) is 0.818. The van der Waals surface area contributed by atoms with Gasteiger partial charge in [-0.15, -0.1) is 0 Å². The molecule has 0 aliphatic carbocycles. The van der Waals surface area contributed by atoms with Gasteiger partial charge >= 0.3 is 0 Å². The second-order valence-corrected chi connectivity index (χ2v) is 5.76. The van der Waals surface area contributed by atoms with Crippen LogP contribution in [0.5, 0.6) is 0 Å². The highest BCUT2D eigenvalue weighted by molar-refractivity contribution is 7.99. The zero-order valence-electron chi connectivity index (χ0n) is 10.4. The van der Waals surface area contributed by atoms with Crippen LogP contribution < -0.4 is 11.1 Å². The van der Waals surface area contributed by atoms with Gasteiger partial charge in [-0.2, -0.15) is 11.8 Å². The number of carbonyl (C=O) groups excluding carboxylic acids is 1. The fourth-order valence-electron chi connectivity index (χ4n) is 1.75. The van der Waals surface area contributed by atoms with E-state index in [9.17, 15) is 4.79 Å². The Balaban J connectivity index is 2.66. The van der Waals surface area contributed by atoms with Crippen LogP contribution in [0.1, 0.15) is 33.1 Å². The molecule has 1 amide bonds. The van der Waals surface area contributed by atoms with Crippen LogP contribution in [0.3, 0.4) is 0 Å². The first-order valence-corrected chi connectivity index (χ1v) is 7.06. The summed E-state index contributed by atoms with van der Waals surface area (Å²) in [7, 11) is 0. The molecule has 1 unspecified atom stereocenters. The Morgan fingerprint density at radius 2 is 2.18 bits per heavy atom. The second-order valence-electron chi connectivity index (χ2n) is 4.53. The molecule has 5 nitrogen and oxygen atoms in total. The monoisotopic (exact) mass is 259 g/mol. The predicted molar refractivity (Wildman–Crippen MR) is 70.3 cm³/mol. The van der Waals surface area contributed by atoms with E-state index in [4.69, 9.17) is 10.9 Å². The smallest absolute Gasteiger partial charge is 0.233 e. The lowest BCUT2D eigenvalue weighted by Crippen LogP contribution is -2.51. The molecule has 1 saturated heterocycles. The van der Waals surface area contributed by atoms with Crippen molar-refractivity contribution in [1.29, 1.82) is 0 Å². The van der Waals surface area contributed by atoms with Crippen molar-refractivity contribution in [1.82, 2.24) is 5.32 Å². The lowest BCUT2D eigenvalue weighted by Gasteiger charge is -2.30. The van der Waals surface area contributed by atoms with Gasteiger partial charge in [-0.25, -0.2) is 0 Å². The molecule has 0 aromatic carbocycles. The van der Waals surface area contributed by atoms with Crippen LogP contribution in [-0.2, 0) is 4.79 Å². The van der Waals surface area contributed by atoms with Gasteiger partial charge in [0, 0.05) is 6.04 Å². The van der Waals surface area contributed by atoms with E-state index in [2.05, 4.69) is 10.5 Å². The highest BCUT2D eigenvalue weighted by atomic mass is 32.2. The number of nitrogens with one attached hydrogen (secondary N) is 1. The van der Waals surface area contributed by atoms with Crippen molar-refractivity contribution in [2.24, 2.45) is 16.3 Å². The Hall–Kier alpha value is -0.910. The van der Waals surface area contributed by atoms with E-state index < -0.39 is 5.41 Å². The minimum atomic E-state index is -0.917. The molecule has 0 aromatic heterocycles. The molecule has 1 rings (SSSR count). The third-order valence-electron chi connectivity index (χ3n) is 3.44. The molecule has 0 spiro atoms. The molecule has 1 heterocycles. The number of amidine groups is 1. The number of nitrogens with zero attached hydrogens (tertiary/aromatic N) is 1. The largest absolute Gasteiger partial charge is 0.409 e. The number of hydrogen-bond donors (Lipinski definition) is 3. The van der Waals surface area contributed by atoms with Crippen molar-refractivity contribution in [3.05, 3.63) is 0 Å². The van der Waals surface area contributed by atoms with E-state index in [1.807, 2.05) is 18.7 Å². The van der Waals surface area contributed by atoms with E-state index in [-0.39, 0.29) is 17.8 Å². The normalized spacial score (nSPS) is 21.9. The van der Waals surface area contributed by atoms with Crippen LogP contribution in [0.15, 0.2) is 5.16 Å². The fourth-order valence-corrected chi connectivity index (χ4v) is 2.86. The van der Waals surface area contributed by atoms with Gasteiger partial charge in [0.25, 0.3) is 0 Å². The molecule has 1 fully saturated rings. The topological polar surface area (TPSA) is 87.7 Å². The Morgan fingerprint density at radius 1 is 1.59 bits per heavy atom. The summed E-state index contributed by atoms with van der Waals surface area (Å²) in [6.45, 7) is 3.56. The highest BCUT2D eigenvalue weighted by Crippen LogP contribution is 2.24. The summed E-state index contributed by atoms with van der Waals surface area (Å²) in [5.41, 5.74) is 4.69. The molecule has 1 aliphatic rings. The maximum atomic E-state index is 12.2. The molecule has 0 bridgehead atoms. The number of hydrogen-bond acceptors (Lipinski definition) is 4. The molecule has 17 heavy (non-hydrogen) atoms. The van der Waals surface area contributed by atoms with E-state index >= 15 is 0 Å². The second kappa shape index (κ2) is 6.14. The third kappa shape index (κ3) is 3.28. The van der Waals surface area contributed by atoms with Gasteiger partial charge in [-0.05, 0) is 37.7 Å². The quantitative estimate of drug-likeness (QED) is 0.306. The lowest BCUT2D eigenvalue weighted by atomic mass is 9.84. The first kappa shape index (κ1) is 14.2. The Morgan fingerprint density at radius 3 is 2.65 bits per heavy atom. The number of thioether (sulfide) groups is 1. The van der Waals surface area contributed by atoms with Crippen LogP contribution in [0.2, 0.25) is 0 Å². The molecule has 1 atom stereocenters. The molecule has 0 radical (unpaired) electrons. The van der Waals surface area contributed by atoms with Crippen LogP contribution in [0, 0.1) is 5.41 Å². The van der Waals surface area contributed by atoms with Gasteiger partial charge < -0.3 is 16.3 Å². The maximum Gasteiger partial charge on any atom is 0.233 e. The number of carbonyl (C=O) groups is 1. The maximum absolute atomic E-state index is 12.2. The SMILES string of the molecule is CCC(C)(C(=O)NC1CCSCC1)C(N)=NO. The molecule has 1 aliphatic heterocycles. The Kier molecular flexibility index (Phi) is 5.11. The molecule has 0 saturated carbocycles. The Labute approximate surface area is 106 Å². The summed E-state index contributed by atoms with van der Waals surface area (Å²) in [6.07, 6.45) is 2.49. The van der Waals surface area contributed by atoms with Crippen molar-refractivity contribution in [3.63, 3.8) is 0 Å². The number of amides is 1. The summed E-state index contributed by atoms with van der Waals surface area (Å²) in [5, 5.41) is 14.7. The average Bonchev–Trinajstić information content (AvgIpc) is 2.37. The lowest BCUT2D eigenvalue weighted by molar-refractivity contribution is -0.127. The van der Waals surface area contributed by atoms with Crippen molar-refractivity contribution >= 4 is 23.5 Å². The number of rotatable bonds is 4. The summed E-state index contributed by atoms with van der Waals surface area (Å²) in [5.74, 6) is 1.99. The van der Waals surface area contributed by atoms with Gasteiger partial charge in [-0.3, -0.25) is 4.79 Å². The zero-order valence-corrected chi connectivity index (χ0v) is 11.2. The Bertz CT molecular complexity index is 303. The number of nitrogens with two attached hydrogens (primary N) is 1. The van der Waals surface area contributed by atoms with Crippen molar-refractivity contribution < 1.29 is 10.0 Å². The zero-order chi connectivity index (χ0) is 12.9. The van der Waals surface area contributed by atoms with E-state index in [0.29, 0.717) is 6.42 Å². The van der Waals surface area contributed by atoms with Crippen LogP contribution in [0.4, 0.5) is 0 Å². The molecule has 4 N–H and O–H groups in total. The predicted octanol–water partition coefficient (Wildman–Crippen LogP) is 1.16. The molecular weight excluding hydrogens is 238 g/mol. The summed E-state index contributed by atoms with van der Waals surface area (Å²) in [4.78, 5) is 12.2. The van der Waals surface area contributed by atoms with Gasteiger partial charge in [0.15, 0.2) is 5.84 Å². The summed E-state index contributed by atoms with van der Waals surface area (Å²) < 4.78 is 0. The van der Waals surface area contributed by atoms with E-state index in [1.54, 1.807) is 6.92 Å². The third-order valence-corrected chi connectivity index (χ3v) is 4.49. The molecule has 0 aromatic rings. The highest BCUT2D eigenvalue weighted by Gasteiger charge is 2.37. The molecule has 6 heteroatoms. The summed E-state index contributed by atoms with van der Waals surface area (Å²) >= 11 is 1.91. The van der Waals surface area contributed by atoms with Gasteiger partial charge in [0.1, 0.15) is 5.41 Å². The van der Waals surface area contributed by atoms with Crippen LogP contribution in [0.25, 0.3) is 0 Å². The van der Waals surface area contributed by atoms with Crippen molar-refractivity contribution in [3.8, 4) is 0 Å². The van der Waals surface area contributed by atoms with Gasteiger partial charge in [-0.1, -0.05) is 12.1 Å². The average molecular weight is 259 g/mol. The molecular formula is C11H21N3O2S. The summed E-state index contributed by atoms with van der Waals surface area (Å²) in [6, 6.07) is 0.223. The van der Waals surface area contributed by atoms with E-state index in [1.165, 1.54) is 0 Å². The minimum absolute atomic E-state index is 0.0253. The standard InChI is InChI=1S/C11H21N3O2S/c1-3-11(2,9(12)14-16)10(15)13-8-4-6-17-7-5-8/h8,16H,3-7H2,1-2H3,(H2,12,14)(H,13,15). The minimum Gasteiger partial charge on any atom is -0.409 e. The molecule has 98 valence electrons. The first-order valence-electron chi connectivity index (χ1n) is 5.91. The first-order chi connectivity index (χ1) is 8.04. The van der Waals surface area contributed by atoms with Gasteiger partial charge in [0.2, 0.25) is 5.91 Å². The van der Waals surface area contributed by atoms with Crippen molar-refractivity contribution in [2.75, 3.05) is 11.5 Å².